The van der Waals surface area contributed by atoms with Crippen molar-refractivity contribution in [2.45, 2.75) is 6.42 Å². The van der Waals surface area contributed by atoms with Crippen molar-refractivity contribution in [1.29, 1.82) is 0 Å². The molecule has 0 atom stereocenters. The number of nitrogens with zero attached hydrogens (tertiary/aromatic N) is 1. The van der Waals surface area contributed by atoms with Crippen LogP contribution in [0.3, 0.4) is 0 Å². The molecule has 2 aromatic carbocycles. The monoisotopic (exact) mass is 370 g/mol. The van der Waals surface area contributed by atoms with Gasteiger partial charge in [-0.1, -0.05) is 46.9 Å². The third kappa shape index (κ3) is 4.86. The summed E-state index contributed by atoms with van der Waals surface area (Å²) in [5.41, 5.74) is 3.72. The van der Waals surface area contributed by atoms with Gasteiger partial charge in [0.1, 0.15) is 5.75 Å². The molecule has 0 aliphatic carbocycles. The van der Waals surface area contributed by atoms with Crippen LogP contribution >= 0.6 is 34.8 Å². The predicted molar refractivity (Wildman–Crippen MR) is 93.9 cm³/mol. The molecule has 0 aliphatic rings. The van der Waals surface area contributed by atoms with E-state index in [9.17, 15) is 4.79 Å². The van der Waals surface area contributed by atoms with Crippen molar-refractivity contribution in [3.63, 3.8) is 0 Å². The summed E-state index contributed by atoms with van der Waals surface area (Å²) < 4.78 is 5.06. The molecule has 1 amide bonds. The first-order chi connectivity index (χ1) is 11.0. The number of halogens is 3. The minimum absolute atomic E-state index is 0.193. The Hall–Kier alpha value is -1.75. The van der Waals surface area contributed by atoms with Gasteiger partial charge in [0.2, 0.25) is 5.91 Å². The van der Waals surface area contributed by atoms with Gasteiger partial charge in [0, 0.05) is 5.56 Å². The Labute approximate surface area is 149 Å². The van der Waals surface area contributed by atoms with Gasteiger partial charge in [-0.25, -0.2) is 5.43 Å². The summed E-state index contributed by atoms with van der Waals surface area (Å²) in [4.78, 5) is 11.8. The fourth-order valence-corrected chi connectivity index (χ4v) is 2.43. The maximum absolute atomic E-state index is 11.8. The topological polar surface area (TPSA) is 50.7 Å². The van der Waals surface area contributed by atoms with E-state index in [0.29, 0.717) is 15.6 Å². The standard InChI is InChI=1S/C16H13Cl3N2O2/c1-23-11-4-2-10(3-5-11)8-15(22)21-20-9-12-13(17)6-7-14(18)16(12)19/h2-7,9H,8H2,1H3,(H,21,22)/b20-9-. The van der Waals surface area contributed by atoms with E-state index in [4.69, 9.17) is 39.5 Å². The Bertz CT molecular complexity index is 731. The molecule has 2 rings (SSSR count). The van der Waals surface area contributed by atoms with Gasteiger partial charge in [-0.05, 0) is 29.8 Å². The first-order valence-electron chi connectivity index (χ1n) is 6.59. The molecule has 120 valence electrons. The smallest absolute Gasteiger partial charge is 0.244 e. The van der Waals surface area contributed by atoms with E-state index < -0.39 is 0 Å². The molecule has 2 aromatic rings. The molecule has 0 heterocycles. The minimum Gasteiger partial charge on any atom is -0.497 e. The molecule has 0 bridgehead atoms. The molecule has 1 N–H and O–H groups in total. The summed E-state index contributed by atoms with van der Waals surface area (Å²) in [6.45, 7) is 0. The van der Waals surface area contributed by atoms with Crippen LogP contribution in [0.15, 0.2) is 41.5 Å². The zero-order chi connectivity index (χ0) is 16.8. The molecule has 23 heavy (non-hydrogen) atoms. The molecule has 0 saturated heterocycles. The molecule has 0 aliphatic heterocycles. The van der Waals surface area contributed by atoms with Crippen molar-refractivity contribution < 1.29 is 9.53 Å². The number of hydrogen-bond acceptors (Lipinski definition) is 3. The zero-order valence-corrected chi connectivity index (χ0v) is 14.4. The first-order valence-corrected chi connectivity index (χ1v) is 7.73. The van der Waals surface area contributed by atoms with Gasteiger partial charge in [0.15, 0.2) is 0 Å². The van der Waals surface area contributed by atoms with Crippen molar-refractivity contribution in [1.82, 2.24) is 5.43 Å². The van der Waals surface area contributed by atoms with Gasteiger partial charge >= 0.3 is 0 Å². The van der Waals surface area contributed by atoms with E-state index in [1.807, 2.05) is 12.1 Å². The molecule has 0 aromatic heterocycles. The van der Waals surface area contributed by atoms with Gasteiger partial charge < -0.3 is 4.74 Å². The second-order valence-electron chi connectivity index (χ2n) is 4.57. The number of amides is 1. The molecule has 0 saturated carbocycles. The van der Waals surface area contributed by atoms with E-state index in [1.54, 1.807) is 31.4 Å². The zero-order valence-electron chi connectivity index (χ0n) is 12.1. The molecule has 0 unspecified atom stereocenters. The number of methoxy groups -OCH3 is 1. The van der Waals surface area contributed by atoms with Crippen LogP contribution in [0.4, 0.5) is 0 Å². The van der Waals surface area contributed by atoms with Crippen molar-refractivity contribution >= 4 is 46.9 Å². The van der Waals surface area contributed by atoms with Gasteiger partial charge in [0.25, 0.3) is 0 Å². The van der Waals surface area contributed by atoms with Crippen molar-refractivity contribution in [3.05, 3.63) is 62.6 Å². The maximum Gasteiger partial charge on any atom is 0.244 e. The summed E-state index contributed by atoms with van der Waals surface area (Å²) >= 11 is 18.0. The molecular formula is C16H13Cl3N2O2. The van der Waals surface area contributed by atoms with Crippen LogP contribution in [0.25, 0.3) is 0 Å². The van der Waals surface area contributed by atoms with Gasteiger partial charge in [0.05, 0.1) is 34.8 Å². The van der Waals surface area contributed by atoms with Crippen LogP contribution < -0.4 is 10.2 Å². The number of rotatable bonds is 5. The van der Waals surface area contributed by atoms with Crippen LogP contribution in [0.5, 0.6) is 5.75 Å². The highest BCUT2D eigenvalue weighted by Crippen LogP contribution is 2.29. The molecule has 4 nitrogen and oxygen atoms in total. The average Bonchev–Trinajstić information content (AvgIpc) is 2.55. The summed E-state index contributed by atoms with van der Waals surface area (Å²) in [7, 11) is 1.59. The number of carbonyl (C=O) groups is 1. The van der Waals surface area contributed by atoms with E-state index in [-0.39, 0.29) is 17.4 Å². The predicted octanol–water partition coefficient (Wildman–Crippen LogP) is 4.35. The second-order valence-corrected chi connectivity index (χ2v) is 5.77. The molecule has 7 heteroatoms. The Balaban J connectivity index is 1.97. The normalized spacial score (nSPS) is 10.8. The lowest BCUT2D eigenvalue weighted by Crippen LogP contribution is -2.19. The van der Waals surface area contributed by atoms with Crippen LogP contribution in [0.2, 0.25) is 15.1 Å². The number of hydrazone groups is 1. The number of benzene rings is 2. The van der Waals surface area contributed by atoms with E-state index in [0.717, 1.165) is 11.3 Å². The van der Waals surface area contributed by atoms with Gasteiger partial charge in [-0.15, -0.1) is 0 Å². The molecule has 0 fully saturated rings. The number of nitrogens with one attached hydrogen (secondary N) is 1. The van der Waals surface area contributed by atoms with Crippen LogP contribution in [0.1, 0.15) is 11.1 Å². The lowest BCUT2D eigenvalue weighted by atomic mass is 10.1. The molecular weight excluding hydrogens is 359 g/mol. The highest BCUT2D eigenvalue weighted by molar-refractivity contribution is 6.45. The second kappa shape index (κ2) is 8.20. The summed E-state index contributed by atoms with van der Waals surface area (Å²) in [5, 5.41) is 4.90. The van der Waals surface area contributed by atoms with E-state index >= 15 is 0 Å². The first kappa shape index (κ1) is 17.6. The molecule has 0 radical (unpaired) electrons. The minimum atomic E-state index is -0.263. The Morgan fingerprint density at radius 3 is 2.43 bits per heavy atom. The van der Waals surface area contributed by atoms with E-state index in [2.05, 4.69) is 10.5 Å². The highest BCUT2D eigenvalue weighted by Gasteiger charge is 2.08. The van der Waals surface area contributed by atoms with Crippen molar-refractivity contribution in [2.24, 2.45) is 5.10 Å². The number of carbonyl (C=O) groups excluding carboxylic acids is 1. The largest absolute Gasteiger partial charge is 0.497 e. The Morgan fingerprint density at radius 2 is 1.78 bits per heavy atom. The van der Waals surface area contributed by atoms with Crippen molar-refractivity contribution in [2.75, 3.05) is 7.11 Å². The third-order valence-corrected chi connectivity index (χ3v) is 4.13. The summed E-state index contributed by atoms with van der Waals surface area (Å²) in [5.74, 6) is 0.470. The quantitative estimate of drug-likeness (QED) is 0.482. The summed E-state index contributed by atoms with van der Waals surface area (Å²) in [6, 6.07) is 10.4. The number of ether oxygens (including phenoxy) is 1. The lowest BCUT2D eigenvalue weighted by Gasteiger charge is -2.04. The SMILES string of the molecule is COc1ccc(CC(=O)N/N=C\c2c(Cl)ccc(Cl)c2Cl)cc1. The average molecular weight is 372 g/mol. The van der Waals surface area contributed by atoms with Crippen LogP contribution in [-0.4, -0.2) is 19.2 Å². The maximum atomic E-state index is 11.8. The fraction of sp³-hybridized carbons (Fsp3) is 0.125. The summed E-state index contributed by atoms with van der Waals surface area (Å²) in [6.07, 6.45) is 1.56. The lowest BCUT2D eigenvalue weighted by molar-refractivity contribution is -0.120. The number of hydrogen-bond donors (Lipinski definition) is 1. The fourth-order valence-electron chi connectivity index (χ4n) is 1.80. The van der Waals surface area contributed by atoms with Gasteiger partial charge in [-0.2, -0.15) is 5.10 Å². The van der Waals surface area contributed by atoms with E-state index in [1.165, 1.54) is 6.21 Å². The van der Waals surface area contributed by atoms with Crippen LogP contribution in [0, 0.1) is 0 Å². The third-order valence-electron chi connectivity index (χ3n) is 2.99. The Morgan fingerprint density at radius 1 is 1.13 bits per heavy atom. The Kier molecular flexibility index (Phi) is 6.28. The van der Waals surface area contributed by atoms with Gasteiger partial charge in [-0.3, -0.25) is 4.79 Å². The van der Waals surface area contributed by atoms with Crippen molar-refractivity contribution in [3.8, 4) is 5.75 Å². The molecule has 0 spiro atoms. The highest BCUT2D eigenvalue weighted by atomic mass is 35.5. The van der Waals surface area contributed by atoms with Crippen LogP contribution in [-0.2, 0) is 11.2 Å².